The van der Waals surface area contributed by atoms with E-state index in [4.69, 9.17) is 0 Å². The second kappa shape index (κ2) is 10.8. The number of Topliss-reactive ketones (excluding diaryl/α,β-unsaturated/α-hetero) is 2. The number of ketones is 2. The van der Waals surface area contributed by atoms with Gasteiger partial charge >= 0.3 is 0 Å². The van der Waals surface area contributed by atoms with Gasteiger partial charge in [-0.3, -0.25) is 9.59 Å². The van der Waals surface area contributed by atoms with Crippen LogP contribution < -0.4 is 4.90 Å². The Labute approximate surface area is 307 Å². The number of hydrogen-bond acceptors (Lipinski definition) is 4. The van der Waals surface area contributed by atoms with Crippen molar-refractivity contribution in [1.29, 1.82) is 0 Å². The van der Waals surface area contributed by atoms with Crippen LogP contribution in [0.5, 0.6) is 0 Å². The molecular formula is C48H35NO2S. The summed E-state index contributed by atoms with van der Waals surface area (Å²) in [6, 6.07) is 46.9. The zero-order valence-corrected chi connectivity index (χ0v) is 30.3. The van der Waals surface area contributed by atoms with Crippen LogP contribution >= 0.6 is 11.3 Å². The lowest BCUT2D eigenvalue weighted by atomic mass is 9.82. The van der Waals surface area contributed by atoms with E-state index >= 15 is 0 Å². The van der Waals surface area contributed by atoms with Crippen molar-refractivity contribution < 1.29 is 9.59 Å². The average molecular weight is 690 g/mol. The van der Waals surface area contributed by atoms with Gasteiger partial charge in [-0.05, 0) is 110 Å². The van der Waals surface area contributed by atoms with E-state index in [1.807, 2.05) is 42.5 Å². The van der Waals surface area contributed by atoms with Crippen LogP contribution in [0.15, 0.2) is 139 Å². The lowest BCUT2D eigenvalue weighted by Gasteiger charge is -2.28. The highest BCUT2D eigenvalue weighted by Gasteiger charge is 2.38. The molecule has 3 nitrogen and oxygen atoms in total. The van der Waals surface area contributed by atoms with Gasteiger partial charge in [-0.25, -0.2) is 0 Å². The number of anilines is 3. The van der Waals surface area contributed by atoms with E-state index < -0.39 is 0 Å². The summed E-state index contributed by atoms with van der Waals surface area (Å²) < 4.78 is 0. The molecule has 0 N–H and O–H groups in total. The molecule has 0 bridgehead atoms. The van der Waals surface area contributed by atoms with Gasteiger partial charge in [0.05, 0.1) is 5.57 Å². The molecule has 0 radical (unpaired) electrons. The molecule has 6 aromatic carbocycles. The van der Waals surface area contributed by atoms with Crippen molar-refractivity contribution in [3.8, 4) is 22.3 Å². The number of benzene rings is 6. The smallest absolute Gasteiger partial charge is 0.197 e. The molecule has 0 unspecified atom stereocenters. The van der Waals surface area contributed by atoms with E-state index in [1.54, 1.807) is 17.4 Å². The third kappa shape index (κ3) is 4.31. The van der Waals surface area contributed by atoms with E-state index in [0.717, 1.165) is 32.0 Å². The molecule has 0 amide bonds. The first kappa shape index (κ1) is 30.9. The third-order valence-electron chi connectivity index (χ3n) is 11.6. The molecule has 250 valence electrons. The van der Waals surface area contributed by atoms with Crippen LogP contribution in [0.25, 0.3) is 39.1 Å². The summed E-state index contributed by atoms with van der Waals surface area (Å²) in [7, 11) is 0. The van der Waals surface area contributed by atoms with Crippen molar-refractivity contribution >= 4 is 56.1 Å². The fraction of sp³-hybridized carbons (Fsp3) is 0.125. The predicted molar refractivity (Wildman–Crippen MR) is 215 cm³/mol. The van der Waals surface area contributed by atoms with Crippen molar-refractivity contribution in [1.82, 2.24) is 0 Å². The van der Waals surface area contributed by atoms with Crippen LogP contribution in [0.3, 0.4) is 0 Å². The molecule has 0 saturated heterocycles. The zero-order valence-electron chi connectivity index (χ0n) is 29.5. The summed E-state index contributed by atoms with van der Waals surface area (Å²) in [6.45, 7) is 9.25. The highest BCUT2D eigenvalue weighted by molar-refractivity contribution is 7.17. The van der Waals surface area contributed by atoms with Crippen molar-refractivity contribution in [2.45, 2.75) is 38.5 Å². The average Bonchev–Trinajstić information content (AvgIpc) is 3.84. The van der Waals surface area contributed by atoms with E-state index in [1.165, 1.54) is 44.5 Å². The van der Waals surface area contributed by atoms with E-state index in [9.17, 15) is 9.59 Å². The minimum absolute atomic E-state index is 0.150. The Kier molecular flexibility index (Phi) is 6.45. The van der Waals surface area contributed by atoms with Crippen molar-refractivity contribution in [3.05, 3.63) is 177 Å². The maximum absolute atomic E-state index is 13.7. The van der Waals surface area contributed by atoms with Crippen molar-refractivity contribution in [3.63, 3.8) is 0 Å². The minimum Gasteiger partial charge on any atom is -0.302 e. The number of nitrogens with zero attached hydrogens (tertiary/aromatic N) is 1. The van der Waals surface area contributed by atoms with Gasteiger partial charge in [0.2, 0.25) is 0 Å². The number of carbonyl (C=O) groups is 2. The Balaban J connectivity index is 1.10. The summed E-state index contributed by atoms with van der Waals surface area (Å²) in [4.78, 5) is 30.5. The Morgan fingerprint density at radius 3 is 1.46 bits per heavy atom. The number of hydrogen-bond donors (Lipinski definition) is 0. The number of fused-ring (bicyclic) bond motifs is 8. The van der Waals surface area contributed by atoms with Crippen LogP contribution in [0.1, 0.15) is 75.5 Å². The summed E-state index contributed by atoms with van der Waals surface area (Å²) in [5, 5.41) is 2.92. The summed E-state index contributed by atoms with van der Waals surface area (Å²) >= 11 is 1.59. The second-order valence-electron chi connectivity index (χ2n) is 15.3. The van der Waals surface area contributed by atoms with Crippen LogP contribution in [-0.4, -0.2) is 11.6 Å². The van der Waals surface area contributed by atoms with E-state index in [0.29, 0.717) is 11.1 Å². The van der Waals surface area contributed by atoms with Gasteiger partial charge in [0.25, 0.3) is 0 Å². The molecule has 0 aliphatic heterocycles. The number of allylic oxidation sites excluding steroid dienone is 1. The minimum atomic E-state index is -0.210. The topological polar surface area (TPSA) is 37.4 Å². The van der Waals surface area contributed by atoms with Gasteiger partial charge in [-0.2, -0.15) is 0 Å². The molecule has 3 aliphatic rings. The van der Waals surface area contributed by atoms with Gasteiger partial charge in [-0.1, -0.05) is 113 Å². The van der Waals surface area contributed by atoms with Crippen LogP contribution in [0, 0.1) is 0 Å². The van der Waals surface area contributed by atoms with E-state index in [2.05, 4.69) is 124 Å². The molecule has 1 aromatic heterocycles. The monoisotopic (exact) mass is 689 g/mol. The van der Waals surface area contributed by atoms with Gasteiger partial charge in [0, 0.05) is 38.2 Å². The van der Waals surface area contributed by atoms with Crippen LogP contribution in [0.4, 0.5) is 16.4 Å². The summed E-state index contributed by atoms with van der Waals surface area (Å²) in [6.07, 6.45) is 1.78. The lowest BCUT2D eigenvalue weighted by Crippen LogP contribution is -2.17. The van der Waals surface area contributed by atoms with Crippen molar-refractivity contribution in [2.75, 3.05) is 4.90 Å². The summed E-state index contributed by atoms with van der Waals surface area (Å²) in [5.74, 6) is -0.420. The van der Waals surface area contributed by atoms with Crippen molar-refractivity contribution in [2.24, 2.45) is 0 Å². The first-order valence-electron chi connectivity index (χ1n) is 17.8. The quantitative estimate of drug-likeness (QED) is 0.136. The molecule has 4 heteroatoms. The molecule has 3 aliphatic carbocycles. The van der Waals surface area contributed by atoms with Gasteiger partial charge < -0.3 is 4.90 Å². The molecule has 0 saturated carbocycles. The normalized spacial score (nSPS) is 15.7. The Morgan fingerprint density at radius 2 is 0.942 bits per heavy atom. The largest absolute Gasteiger partial charge is 0.302 e. The molecule has 0 fully saturated rings. The molecule has 0 spiro atoms. The first-order chi connectivity index (χ1) is 25.1. The Hall–Kier alpha value is -5.84. The molecular weight excluding hydrogens is 655 g/mol. The third-order valence-corrected chi connectivity index (χ3v) is 12.7. The predicted octanol–water partition coefficient (Wildman–Crippen LogP) is 12.4. The fourth-order valence-electron chi connectivity index (χ4n) is 8.89. The fourth-order valence-corrected chi connectivity index (χ4v) is 9.88. The highest BCUT2D eigenvalue weighted by atomic mass is 32.1. The Bertz CT molecular complexity index is 2580. The SMILES string of the molecule is CC1(C)c2ccccc2-c2ccc(N(c3ccc4c(c3)C(C)(C)c3ccccc3-4)c3ccc(C=C4C(=O)c5cc6ccccc6cc5C4=O)s3)cc21. The highest BCUT2D eigenvalue weighted by Crippen LogP contribution is 2.53. The molecule has 1 heterocycles. The van der Waals surface area contributed by atoms with E-state index in [-0.39, 0.29) is 28.0 Å². The van der Waals surface area contributed by atoms with Crippen LogP contribution in [0.2, 0.25) is 0 Å². The van der Waals surface area contributed by atoms with Gasteiger partial charge in [0.1, 0.15) is 5.00 Å². The molecule has 0 atom stereocenters. The number of rotatable bonds is 4. The summed E-state index contributed by atoms with van der Waals surface area (Å²) in [5.41, 5.74) is 13.5. The zero-order chi connectivity index (χ0) is 35.5. The molecule has 7 aromatic rings. The number of carbonyl (C=O) groups excluding carboxylic acids is 2. The first-order valence-corrected chi connectivity index (χ1v) is 18.7. The van der Waals surface area contributed by atoms with Gasteiger partial charge in [-0.15, -0.1) is 11.3 Å². The number of thiophene rings is 1. The molecule has 10 rings (SSSR count). The Morgan fingerprint density at radius 1 is 0.481 bits per heavy atom. The van der Waals surface area contributed by atoms with Gasteiger partial charge in [0.15, 0.2) is 11.6 Å². The standard InChI is InChI=1S/C48H35NO2S/c1-47(2)40-15-9-7-13-33(40)35-20-17-30(25-42(35)47)49(31-18-21-36-34-14-8-10-16-41(34)48(3,4)43(36)26-31)44-22-19-32(52-44)27-39-45(50)37-23-28-11-5-6-12-29(28)24-38(37)46(39)51/h5-27H,1-4H3. The maximum atomic E-state index is 13.7. The molecule has 52 heavy (non-hydrogen) atoms. The second-order valence-corrected chi connectivity index (χ2v) is 16.4. The maximum Gasteiger partial charge on any atom is 0.197 e. The lowest BCUT2D eigenvalue weighted by molar-refractivity contribution is 0.0990. The van der Waals surface area contributed by atoms with Crippen LogP contribution in [-0.2, 0) is 10.8 Å².